The van der Waals surface area contributed by atoms with Gasteiger partial charge < -0.3 is 10.8 Å². The first-order valence-corrected chi connectivity index (χ1v) is 6.91. The zero-order valence-corrected chi connectivity index (χ0v) is 11.0. The minimum Gasteiger partial charge on any atom is -0.389 e. The van der Waals surface area contributed by atoms with Gasteiger partial charge in [-0.25, -0.2) is 0 Å². The molecular formula is C15H24N2O. The van der Waals surface area contributed by atoms with Gasteiger partial charge in [0.25, 0.3) is 0 Å². The number of hydrogen-bond acceptors (Lipinski definition) is 3. The average Bonchev–Trinajstić information content (AvgIpc) is 2.53. The zero-order chi connectivity index (χ0) is 12.8. The number of aliphatic hydroxyl groups is 1. The Morgan fingerprint density at radius 1 is 1.22 bits per heavy atom. The summed E-state index contributed by atoms with van der Waals surface area (Å²) < 4.78 is 0. The normalized spacial score (nSPS) is 25.9. The summed E-state index contributed by atoms with van der Waals surface area (Å²) in [7, 11) is 0. The predicted molar refractivity (Wildman–Crippen MR) is 74.2 cm³/mol. The fourth-order valence-corrected chi connectivity index (χ4v) is 2.81. The topological polar surface area (TPSA) is 49.5 Å². The Morgan fingerprint density at radius 2 is 2.00 bits per heavy atom. The van der Waals surface area contributed by atoms with Crippen LogP contribution in [-0.4, -0.2) is 35.2 Å². The highest BCUT2D eigenvalue weighted by molar-refractivity contribution is 5.14. The Labute approximate surface area is 110 Å². The van der Waals surface area contributed by atoms with Gasteiger partial charge in [-0.2, -0.15) is 0 Å². The van der Waals surface area contributed by atoms with Gasteiger partial charge in [-0.1, -0.05) is 30.3 Å². The standard InChI is InChI=1S/C15H24N2O/c16-10-9-15(18)8-4-5-11-17(13-15)12-14-6-2-1-3-7-14/h1-3,6-7,18H,4-5,8-13,16H2. The van der Waals surface area contributed by atoms with Crippen LogP contribution in [0.1, 0.15) is 31.2 Å². The zero-order valence-electron chi connectivity index (χ0n) is 11.0. The highest BCUT2D eigenvalue weighted by Crippen LogP contribution is 2.24. The number of β-amino-alcohol motifs (C(OH)–C–C–N with tert-alkyl or cyclic N) is 1. The summed E-state index contributed by atoms with van der Waals surface area (Å²) in [5.74, 6) is 0. The van der Waals surface area contributed by atoms with Crippen molar-refractivity contribution in [1.29, 1.82) is 0 Å². The summed E-state index contributed by atoms with van der Waals surface area (Å²) in [5, 5.41) is 10.6. The molecule has 3 heteroatoms. The van der Waals surface area contributed by atoms with E-state index < -0.39 is 5.60 Å². The van der Waals surface area contributed by atoms with E-state index in [0.29, 0.717) is 13.0 Å². The first-order valence-electron chi connectivity index (χ1n) is 6.91. The second-order valence-corrected chi connectivity index (χ2v) is 5.42. The lowest BCUT2D eigenvalue weighted by molar-refractivity contribution is -0.000690. The molecule has 3 nitrogen and oxygen atoms in total. The van der Waals surface area contributed by atoms with Crippen molar-refractivity contribution in [3.05, 3.63) is 35.9 Å². The Kier molecular flexibility index (Phi) is 4.75. The van der Waals surface area contributed by atoms with E-state index in [1.165, 1.54) is 12.0 Å². The maximum atomic E-state index is 10.6. The second kappa shape index (κ2) is 6.32. The Bertz CT molecular complexity index is 355. The molecule has 0 spiro atoms. The third kappa shape index (κ3) is 3.80. The van der Waals surface area contributed by atoms with Gasteiger partial charge in [0.05, 0.1) is 5.60 Å². The maximum Gasteiger partial charge on any atom is 0.0786 e. The fraction of sp³-hybridized carbons (Fsp3) is 0.600. The van der Waals surface area contributed by atoms with Crippen molar-refractivity contribution in [3.63, 3.8) is 0 Å². The third-order valence-electron chi connectivity index (χ3n) is 3.74. The summed E-state index contributed by atoms with van der Waals surface area (Å²) in [6.07, 6.45) is 3.86. The molecule has 1 aromatic rings. The quantitative estimate of drug-likeness (QED) is 0.853. The van der Waals surface area contributed by atoms with E-state index in [4.69, 9.17) is 5.73 Å². The molecule has 1 atom stereocenters. The van der Waals surface area contributed by atoms with Crippen LogP contribution in [0.4, 0.5) is 0 Å². The lowest BCUT2D eigenvalue weighted by Crippen LogP contribution is -2.42. The summed E-state index contributed by atoms with van der Waals surface area (Å²) in [6, 6.07) is 10.5. The SMILES string of the molecule is NCCC1(O)CCCCN(Cc2ccccc2)C1. The van der Waals surface area contributed by atoms with Crippen molar-refractivity contribution in [2.75, 3.05) is 19.6 Å². The summed E-state index contributed by atoms with van der Waals surface area (Å²) in [5.41, 5.74) is 6.35. The van der Waals surface area contributed by atoms with Gasteiger partial charge in [-0.3, -0.25) is 4.90 Å². The first-order chi connectivity index (χ1) is 8.72. The second-order valence-electron chi connectivity index (χ2n) is 5.42. The van der Waals surface area contributed by atoms with Gasteiger partial charge >= 0.3 is 0 Å². The van der Waals surface area contributed by atoms with Crippen molar-refractivity contribution in [3.8, 4) is 0 Å². The van der Waals surface area contributed by atoms with Crippen LogP contribution in [0, 0.1) is 0 Å². The van der Waals surface area contributed by atoms with Crippen LogP contribution in [0.5, 0.6) is 0 Å². The Morgan fingerprint density at radius 3 is 2.72 bits per heavy atom. The van der Waals surface area contributed by atoms with Crippen LogP contribution in [0.25, 0.3) is 0 Å². The molecule has 1 saturated heterocycles. The molecule has 1 fully saturated rings. The highest BCUT2D eigenvalue weighted by Gasteiger charge is 2.30. The molecule has 0 aromatic heterocycles. The molecule has 0 radical (unpaired) electrons. The monoisotopic (exact) mass is 248 g/mol. The molecule has 0 aliphatic carbocycles. The summed E-state index contributed by atoms with van der Waals surface area (Å²) in [6.45, 7) is 3.31. The molecule has 100 valence electrons. The molecule has 1 aliphatic heterocycles. The van der Waals surface area contributed by atoms with Gasteiger partial charge in [-0.05, 0) is 44.3 Å². The van der Waals surface area contributed by atoms with Crippen LogP contribution in [0.15, 0.2) is 30.3 Å². The molecule has 1 aliphatic rings. The molecule has 0 amide bonds. The number of nitrogens with zero attached hydrogens (tertiary/aromatic N) is 1. The summed E-state index contributed by atoms with van der Waals surface area (Å²) >= 11 is 0. The lowest BCUT2D eigenvalue weighted by Gasteiger charge is -2.31. The smallest absolute Gasteiger partial charge is 0.0786 e. The molecule has 3 N–H and O–H groups in total. The molecule has 1 unspecified atom stereocenters. The van der Waals surface area contributed by atoms with E-state index in [1.54, 1.807) is 0 Å². The number of hydrogen-bond donors (Lipinski definition) is 2. The van der Waals surface area contributed by atoms with Crippen LogP contribution >= 0.6 is 0 Å². The van der Waals surface area contributed by atoms with Crippen molar-refractivity contribution in [2.24, 2.45) is 5.73 Å². The van der Waals surface area contributed by atoms with Crippen LogP contribution < -0.4 is 5.73 Å². The van der Waals surface area contributed by atoms with Crippen molar-refractivity contribution in [1.82, 2.24) is 4.90 Å². The molecular weight excluding hydrogens is 224 g/mol. The third-order valence-corrected chi connectivity index (χ3v) is 3.74. The highest BCUT2D eigenvalue weighted by atomic mass is 16.3. The Hall–Kier alpha value is -0.900. The minimum atomic E-state index is -0.583. The van der Waals surface area contributed by atoms with Crippen LogP contribution in [-0.2, 0) is 6.54 Å². The number of nitrogens with two attached hydrogens (primary N) is 1. The molecule has 1 heterocycles. The van der Waals surface area contributed by atoms with Gasteiger partial charge in [0.2, 0.25) is 0 Å². The predicted octanol–water partition coefficient (Wildman–Crippen LogP) is 1.75. The lowest BCUT2D eigenvalue weighted by atomic mass is 9.94. The van der Waals surface area contributed by atoms with E-state index in [0.717, 1.165) is 32.5 Å². The van der Waals surface area contributed by atoms with Crippen LogP contribution in [0.3, 0.4) is 0 Å². The van der Waals surface area contributed by atoms with E-state index in [2.05, 4.69) is 29.2 Å². The number of benzene rings is 1. The van der Waals surface area contributed by atoms with E-state index in [-0.39, 0.29) is 0 Å². The minimum absolute atomic E-state index is 0.565. The number of rotatable bonds is 4. The van der Waals surface area contributed by atoms with E-state index in [1.807, 2.05) is 6.07 Å². The van der Waals surface area contributed by atoms with Crippen molar-refractivity contribution >= 4 is 0 Å². The van der Waals surface area contributed by atoms with Crippen molar-refractivity contribution < 1.29 is 5.11 Å². The molecule has 0 bridgehead atoms. The van der Waals surface area contributed by atoms with E-state index in [9.17, 15) is 5.11 Å². The van der Waals surface area contributed by atoms with Crippen molar-refractivity contribution in [2.45, 2.75) is 37.8 Å². The Balaban J connectivity index is 1.99. The van der Waals surface area contributed by atoms with Gasteiger partial charge in [0, 0.05) is 13.1 Å². The van der Waals surface area contributed by atoms with Gasteiger partial charge in [-0.15, -0.1) is 0 Å². The average molecular weight is 248 g/mol. The van der Waals surface area contributed by atoms with Gasteiger partial charge in [0.1, 0.15) is 0 Å². The molecule has 0 saturated carbocycles. The fourth-order valence-electron chi connectivity index (χ4n) is 2.81. The summed E-state index contributed by atoms with van der Waals surface area (Å²) in [4.78, 5) is 2.36. The van der Waals surface area contributed by atoms with Crippen LogP contribution in [0.2, 0.25) is 0 Å². The molecule has 2 rings (SSSR count). The largest absolute Gasteiger partial charge is 0.389 e. The molecule has 1 aromatic carbocycles. The van der Waals surface area contributed by atoms with Gasteiger partial charge in [0.15, 0.2) is 0 Å². The first kappa shape index (κ1) is 13.5. The van der Waals surface area contributed by atoms with E-state index >= 15 is 0 Å². The maximum absolute atomic E-state index is 10.6. The number of likely N-dealkylation sites (tertiary alicyclic amines) is 1. The molecule has 18 heavy (non-hydrogen) atoms.